The summed E-state index contributed by atoms with van der Waals surface area (Å²) in [5.41, 5.74) is 0.187. The second kappa shape index (κ2) is 5.81. The van der Waals surface area contributed by atoms with Gasteiger partial charge in [-0.2, -0.15) is 5.10 Å². The summed E-state index contributed by atoms with van der Waals surface area (Å²) in [6.07, 6.45) is 4.98. The highest BCUT2D eigenvalue weighted by atomic mass is 35.5. The van der Waals surface area contributed by atoms with Gasteiger partial charge in [-0.25, -0.2) is 14.6 Å². The van der Waals surface area contributed by atoms with Crippen molar-refractivity contribution in [3.63, 3.8) is 0 Å². The fraction of sp³-hybridized carbons (Fsp3) is 0.571. The maximum Gasteiger partial charge on any atom is 0.294 e. The lowest BCUT2D eigenvalue weighted by atomic mass is 10.0. The first-order chi connectivity index (χ1) is 10.5. The summed E-state index contributed by atoms with van der Waals surface area (Å²) < 4.78 is 7.09. The molecule has 0 radical (unpaired) electrons. The highest BCUT2D eigenvalue weighted by Crippen LogP contribution is 2.30. The minimum Gasteiger partial charge on any atom is -0.446 e. The van der Waals surface area contributed by atoms with E-state index in [1.54, 1.807) is 6.20 Å². The fourth-order valence-corrected chi connectivity index (χ4v) is 3.12. The molecule has 0 aliphatic carbocycles. The number of ether oxygens (including phenoxy) is 1. The van der Waals surface area contributed by atoms with E-state index in [-0.39, 0.29) is 6.04 Å². The minimum atomic E-state index is -0.579. The quantitative estimate of drug-likeness (QED) is 0.633. The van der Waals surface area contributed by atoms with Crippen molar-refractivity contribution in [2.75, 3.05) is 13.1 Å². The van der Waals surface area contributed by atoms with E-state index in [1.807, 2.05) is 18.5 Å². The maximum atomic E-state index is 10.6. The Bertz CT molecular complexity index is 679. The van der Waals surface area contributed by atoms with Crippen molar-refractivity contribution in [2.24, 2.45) is 0 Å². The summed E-state index contributed by atoms with van der Waals surface area (Å²) in [4.78, 5) is 21.0. The molecule has 3 heterocycles. The second-order valence-corrected chi connectivity index (χ2v) is 6.23. The van der Waals surface area contributed by atoms with E-state index in [2.05, 4.69) is 20.0 Å². The molecular formula is C14H18ClN5O2. The van der Waals surface area contributed by atoms with Crippen LogP contribution in [0.25, 0.3) is 11.0 Å². The number of rotatable bonds is 4. The Labute approximate surface area is 133 Å². The highest BCUT2D eigenvalue weighted by Gasteiger charge is 2.33. The molecule has 0 spiro atoms. The first kappa shape index (κ1) is 15.2. The summed E-state index contributed by atoms with van der Waals surface area (Å²) >= 11 is 6.06. The van der Waals surface area contributed by atoms with Gasteiger partial charge in [0, 0.05) is 13.1 Å². The van der Waals surface area contributed by atoms with Crippen LogP contribution in [0.5, 0.6) is 0 Å². The predicted octanol–water partition coefficient (Wildman–Crippen LogP) is 2.03. The molecule has 0 N–H and O–H groups in total. The van der Waals surface area contributed by atoms with Gasteiger partial charge in [-0.05, 0) is 26.7 Å². The monoisotopic (exact) mass is 323 g/mol. The number of fused-ring (bicyclic) bond motifs is 1. The highest BCUT2D eigenvalue weighted by molar-refractivity contribution is 6.33. The van der Waals surface area contributed by atoms with E-state index >= 15 is 0 Å². The molecule has 0 amide bonds. The Hall–Kier alpha value is -1.73. The molecule has 0 saturated carbocycles. The topological polar surface area (TPSA) is 73.1 Å². The first-order valence-electron chi connectivity index (χ1n) is 7.23. The molecule has 1 aliphatic rings. The minimum absolute atomic E-state index is 0.256. The van der Waals surface area contributed by atoms with Gasteiger partial charge in [0.2, 0.25) is 0 Å². The van der Waals surface area contributed by atoms with Crippen LogP contribution in [0.15, 0.2) is 12.5 Å². The Morgan fingerprint density at radius 2 is 2.09 bits per heavy atom. The zero-order chi connectivity index (χ0) is 15.7. The van der Waals surface area contributed by atoms with Crippen LogP contribution < -0.4 is 0 Å². The van der Waals surface area contributed by atoms with Crippen LogP contribution in [0, 0.1) is 0 Å². The summed E-state index contributed by atoms with van der Waals surface area (Å²) in [6.45, 7) is 5.96. The maximum absolute atomic E-state index is 10.6. The smallest absolute Gasteiger partial charge is 0.294 e. The molecule has 1 aliphatic heterocycles. The zero-order valence-electron chi connectivity index (χ0n) is 12.6. The average molecular weight is 324 g/mol. The number of carbonyl (C=O) groups excluding carboxylic acids is 1. The largest absolute Gasteiger partial charge is 0.446 e. The van der Waals surface area contributed by atoms with Gasteiger partial charge in [0.15, 0.2) is 11.4 Å². The number of hydrogen-bond acceptors (Lipinski definition) is 6. The van der Waals surface area contributed by atoms with Gasteiger partial charge >= 0.3 is 0 Å². The van der Waals surface area contributed by atoms with Gasteiger partial charge in [-0.15, -0.1) is 0 Å². The fourth-order valence-electron chi connectivity index (χ4n) is 2.94. The lowest BCUT2D eigenvalue weighted by molar-refractivity contribution is -0.164. The van der Waals surface area contributed by atoms with Gasteiger partial charge in [-0.3, -0.25) is 9.69 Å². The molecular weight excluding hydrogens is 306 g/mol. The van der Waals surface area contributed by atoms with Crippen LogP contribution in [0.2, 0.25) is 5.15 Å². The number of aromatic nitrogens is 4. The van der Waals surface area contributed by atoms with Gasteiger partial charge in [0.1, 0.15) is 11.5 Å². The third-order valence-electron chi connectivity index (χ3n) is 4.25. The molecule has 0 unspecified atom stereocenters. The second-order valence-electron chi connectivity index (χ2n) is 5.87. The standard InChI is InChI=1S/C14H18ClN5O2/c1-14(2,22-9-21)19-5-3-10(4-6-19)20-13-11(7-18-20)12(15)16-8-17-13/h7-10H,3-6H2,1-2H3. The van der Waals surface area contributed by atoms with E-state index in [4.69, 9.17) is 16.3 Å². The van der Waals surface area contributed by atoms with Crippen LogP contribution >= 0.6 is 11.6 Å². The van der Waals surface area contributed by atoms with Crippen molar-refractivity contribution >= 4 is 29.1 Å². The Morgan fingerprint density at radius 1 is 1.36 bits per heavy atom. The Balaban J connectivity index is 1.76. The van der Waals surface area contributed by atoms with Gasteiger partial charge < -0.3 is 4.74 Å². The van der Waals surface area contributed by atoms with Crippen molar-refractivity contribution in [1.29, 1.82) is 0 Å². The van der Waals surface area contributed by atoms with Crippen molar-refractivity contribution in [3.05, 3.63) is 17.7 Å². The van der Waals surface area contributed by atoms with Crippen molar-refractivity contribution in [2.45, 2.75) is 38.5 Å². The van der Waals surface area contributed by atoms with Crippen molar-refractivity contribution < 1.29 is 9.53 Å². The van der Waals surface area contributed by atoms with Crippen molar-refractivity contribution in [3.8, 4) is 0 Å². The van der Waals surface area contributed by atoms with Crippen LogP contribution in [0.4, 0.5) is 0 Å². The van der Waals surface area contributed by atoms with E-state index < -0.39 is 5.72 Å². The number of nitrogens with zero attached hydrogens (tertiary/aromatic N) is 5. The van der Waals surface area contributed by atoms with E-state index in [0.717, 1.165) is 37.0 Å². The van der Waals surface area contributed by atoms with Gasteiger partial charge in [0.25, 0.3) is 6.47 Å². The number of likely N-dealkylation sites (tertiary alicyclic amines) is 1. The van der Waals surface area contributed by atoms with E-state index in [1.165, 1.54) is 6.33 Å². The van der Waals surface area contributed by atoms with Crippen LogP contribution in [-0.4, -0.2) is 49.9 Å². The molecule has 3 rings (SSSR count). The zero-order valence-corrected chi connectivity index (χ0v) is 13.3. The number of hydrogen-bond donors (Lipinski definition) is 0. The average Bonchev–Trinajstić information content (AvgIpc) is 2.93. The Kier molecular flexibility index (Phi) is 4.01. The normalized spacial score (nSPS) is 17.8. The SMILES string of the molecule is CC(C)(OC=O)N1CCC(n2ncc3c(Cl)ncnc32)CC1. The number of carbonyl (C=O) groups is 1. The van der Waals surface area contributed by atoms with E-state index in [0.29, 0.717) is 11.6 Å². The van der Waals surface area contributed by atoms with Gasteiger partial charge in [-0.1, -0.05) is 11.6 Å². The molecule has 0 atom stereocenters. The molecule has 2 aromatic heterocycles. The molecule has 0 aromatic carbocycles. The molecule has 8 heteroatoms. The summed E-state index contributed by atoms with van der Waals surface area (Å²) in [7, 11) is 0. The third kappa shape index (κ3) is 2.66. The lowest BCUT2D eigenvalue weighted by Crippen LogP contribution is -2.49. The number of halogens is 1. The van der Waals surface area contributed by atoms with Gasteiger partial charge in [0.05, 0.1) is 17.6 Å². The molecule has 2 aromatic rings. The van der Waals surface area contributed by atoms with Crippen LogP contribution in [0.1, 0.15) is 32.7 Å². The molecule has 0 bridgehead atoms. The molecule has 7 nitrogen and oxygen atoms in total. The summed E-state index contributed by atoms with van der Waals surface area (Å²) in [6, 6.07) is 0.256. The van der Waals surface area contributed by atoms with E-state index in [9.17, 15) is 4.79 Å². The predicted molar refractivity (Wildman–Crippen MR) is 81.4 cm³/mol. The number of piperidine rings is 1. The summed E-state index contributed by atoms with van der Waals surface area (Å²) in [5.74, 6) is 0. The third-order valence-corrected chi connectivity index (χ3v) is 4.55. The molecule has 22 heavy (non-hydrogen) atoms. The lowest BCUT2D eigenvalue weighted by Gasteiger charge is -2.41. The Morgan fingerprint density at radius 3 is 2.77 bits per heavy atom. The van der Waals surface area contributed by atoms with Crippen LogP contribution in [0.3, 0.4) is 0 Å². The first-order valence-corrected chi connectivity index (χ1v) is 7.61. The molecule has 118 valence electrons. The molecule has 1 saturated heterocycles. The van der Waals surface area contributed by atoms with Crippen LogP contribution in [-0.2, 0) is 9.53 Å². The summed E-state index contributed by atoms with van der Waals surface area (Å²) in [5, 5.41) is 5.63. The van der Waals surface area contributed by atoms with Crippen molar-refractivity contribution in [1.82, 2.24) is 24.6 Å². The molecule has 1 fully saturated rings.